The van der Waals surface area contributed by atoms with Gasteiger partial charge in [-0.2, -0.15) is 0 Å². The zero-order valence-electron chi connectivity index (χ0n) is 13.9. The second kappa shape index (κ2) is 6.78. The van der Waals surface area contributed by atoms with E-state index in [1.165, 1.54) is 0 Å². The van der Waals surface area contributed by atoms with Crippen molar-refractivity contribution in [1.29, 1.82) is 0 Å². The number of hydrogen-bond donors (Lipinski definition) is 1. The van der Waals surface area contributed by atoms with Gasteiger partial charge in [-0.1, -0.05) is 11.3 Å². The molecule has 0 saturated carbocycles. The number of anilines is 2. The monoisotopic (exact) mass is 376 g/mol. The number of ether oxygens (including phenoxy) is 2. The molecule has 0 saturated heterocycles. The fourth-order valence-electron chi connectivity index (χ4n) is 2.66. The van der Waals surface area contributed by atoms with Gasteiger partial charge in [0.15, 0.2) is 5.13 Å². The fourth-order valence-corrected chi connectivity index (χ4v) is 3.54. The van der Waals surface area contributed by atoms with Crippen LogP contribution in [0, 0.1) is 0 Å². The predicted octanol–water partition coefficient (Wildman–Crippen LogP) is 4.37. The Labute approximate surface area is 154 Å². The number of nitrogens with zero attached hydrogens (tertiary/aromatic N) is 3. The van der Waals surface area contributed by atoms with Crippen LogP contribution < -0.4 is 14.8 Å². The van der Waals surface area contributed by atoms with Gasteiger partial charge in [0.1, 0.15) is 22.5 Å². The largest absolute Gasteiger partial charge is 0.497 e. The number of nitrogens with one attached hydrogen (secondary N) is 1. The van der Waals surface area contributed by atoms with Crippen molar-refractivity contribution in [2.45, 2.75) is 0 Å². The van der Waals surface area contributed by atoms with Crippen LogP contribution in [0.1, 0.15) is 0 Å². The van der Waals surface area contributed by atoms with Crippen LogP contribution >= 0.6 is 23.7 Å². The smallest absolute Gasteiger partial charge is 0.188 e. The number of thiazole rings is 1. The number of hydrogen-bond acceptors (Lipinski definition) is 6. The summed E-state index contributed by atoms with van der Waals surface area (Å²) in [7, 11) is 5.25. The van der Waals surface area contributed by atoms with E-state index in [1.54, 1.807) is 25.6 Å². The van der Waals surface area contributed by atoms with Crippen molar-refractivity contribution in [3.63, 3.8) is 0 Å². The van der Waals surface area contributed by atoms with E-state index in [2.05, 4.69) is 22.4 Å². The Morgan fingerprint density at radius 3 is 2.68 bits per heavy atom. The lowest BCUT2D eigenvalue weighted by molar-refractivity contribution is 0.395. The lowest BCUT2D eigenvalue weighted by Gasteiger charge is -2.10. The summed E-state index contributed by atoms with van der Waals surface area (Å²) in [6, 6.07) is 9.79. The number of benzene rings is 2. The van der Waals surface area contributed by atoms with Crippen LogP contribution in [0.25, 0.3) is 21.3 Å². The quantitative estimate of drug-likeness (QED) is 0.573. The minimum Gasteiger partial charge on any atom is -0.497 e. The molecule has 8 heteroatoms. The van der Waals surface area contributed by atoms with Crippen LogP contribution in [-0.4, -0.2) is 28.8 Å². The Kier molecular flexibility index (Phi) is 4.69. The standard InChI is InChI=1S/C17H16N4O2S.ClH/c1-21-9-18-15-12(21)6-7-14-16(15)20-17(24-14)19-11-5-4-10(22-2)8-13(11)23-3;/h4-9H,1-3H3,(H,19,20);1H. The van der Waals surface area contributed by atoms with Crippen LogP contribution in [-0.2, 0) is 7.05 Å². The SMILES string of the molecule is COc1ccc(Nc2nc3c(ccc4c3ncn4C)s2)c(OC)c1.Cl. The van der Waals surface area contributed by atoms with Crippen molar-refractivity contribution in [2.75, 3.05) is 19.5 Å². The zero-order chi connectivity index (χ0) is 16.7. The topological polar surface area (TPSA) is 61.2 Å². The first-order chi connectivity index (χ1) is 11.7. The number of halogens is 1. The van der Waals surface area contributed by atoms with E-state index < -0.39 is 0 Å². The van der Waals surface area contributed by atoms with E-state index in [9.17, 15) is 0 Å². The molecule has 0 aliphatic heterocycles. The molecule has 4 rings (SSSR count). The van der Waals surface area contributed by atoms with Crippen LogP contribution in [0.15, 0.2) is 36.7 Å². The molecule has 25 heavy (non-hydrogen) atoms. The predicted molar refractivity (Wildman–Crippen MR) is 104 cm³/mol. The first-order valence-corrected chi connectivity index (χ1v) is 8.21. The highest BCUT2D eigenvalue weighted by atomic mass is 35.5. The van der Waals surface area contributed by atoms with Crippen molar-refractivity contribution in [3.8, 4) is 11.5 Å². The van der Waals surface area contributed by atoms with Gasteiger partial charge >= 0.3 is 0 Å². The molecule has 4 aromatic rings. The van der Waals surface area contributed by atoms with Crippen molar-refractivity contribution >= 4 is 55.8 Å². The van der Waals surface area contributed by atoms with Gasteiger partial charge in [-0.3, -0.25) is 0 Å². The molecule has 0 aliphatic carbocycles. The van der Waals surface area contributed by atoms with Gasteiger partial charge in [0.25, 0.3) is 0 Å². The van der Waals surface area contributed by atoms with E-state index in [0.717, 1.165) is 37.8 Å². The van der Waals surface area contributed by atoms with Crippen molar-refractivity contribution in [2.24, 2.45) is 7.05 Å². The van der Waals surface area contributed by atoms with Crippen molar-refractivity contribution in [1.82, 2.24) is 14.5 Å². The first kappa shape index (κ1) is 17.3. The van der Waals surface area contributed by atoms with Gasteiger partial charge in [0.2, 0.25) is 0 Å². The highest BCUT2D eigenvalue weighted by Crippen LogP contribution is 2.36. The Morgan fingerprint density at radius 1 is 1.08 bits per heavy atom. The van der Waals surface area contributed by atoms with E-state index in [0.29, 0.717) is 5.75 Å². The molecule has 2 aromatic heterocycles. The fraction of sp³-hybridized carbons (Fsp3) is 0.176. The zero-order valence-corrected chi connectivity index (χ0v) is 15.6. The third kappa shape index (κ3) is 2.96. The van der Waals surface area contributed by atoms with Crippen LogP contribution in [0.3, 0.4) is 0 Å². The third-order valence-corrected chi connectivity index (χ3v) is 4.84. The second-order valence-corrected chi connectivity index (χ2v) is 6.38. The molecule has 0 bridgehead atoms. The van der Waals surface area contributed by atoms with Gasteiger partial charge in [0, 0.05) is 13.1 Å². The van der Waals surface area contributed by atoms with Gasteiger partial charge < -0.3 is 19.4 Å². The molecule has 0 atom stereocenters. The lowest BCUT2D eigenvalue weighted by Crippen LogP contribution is -1.95. The normalized spacial score (nSPS) is 10.7. The Morgan fingerprint density at radius 2 is 1.92 bits per heavy atom. The molecule has 0 amide bonds. The molecule has 6 nitrogen and oxygen atoms in total. The van der Waals surface area contributed by atoms with E-state index >= 15 is 0 Å². The van der Waals surface area contributed by atoms with Gasteiger partial charge in [-0.15, -0.1) is 12.4 Å². The maximum atomic E-state index is 5.43. The van der Waals surface area contributed by atoms with Crippen molar-refractivity contribution in [3.05, 3.63) is 36.7 Å². The summed E-state index contributed by atoms with van der Waals surface area (Å²) < 4.78 is 13.7. The second-order valence-electron chi connectivity index (χ2n) is 5.35. The Bertz CT molecular complexity index is 1040. The van der Waals surface area contributed by atoms with E-state index in [1.807, 2.05) is 36.1 Å². The Hall–Kier alpha value is -2.51. The maximum absolute atomic E-state index is 5.43. The third-order valence-electron chi connectivity index (χ3n) is 3.90. The average Bonchev–Trinajstić information content (AvgIpc) is 3.18. The number of aromatic nitrogens is 3. The summed E-state index contributed by atoms with van der Waals surface area (Å²) >= 11 is 1.59. The van der Waals surface area contributed by atoms with E-state index in [4.69, 9.17) is 14.5 Å². The van der Waals surface area contributed by atoms with E-state index in [-0.39, 0.29) is 12.4 Å². The number of fused-ring (bicyclic) bond motifs is 3. The molecule has 1 N–H and O–H groups in total. The molecule has 2 heterocycles. The minimum atomic E-state index is 0. The maximum Gasteiger partial charge on any atom is 0.188 e. The number of aryl methyl sites for hydroxylation is 1. The number of rotatable bonds is 4. The molecule has 0 fully saturated rings. The van der Waals surface area contributed by atoms with Gasteiger partial charge in [0.05, 0.1) is 36.5 Å². The highest BCUT2D eigenvalue weighted by Gasteiger charge is 2.12. The molecular weight excluding hydrogens is 360 g/mol. The molecular formula is C17H17ClN4O2S. The van der Waals surface area contributed by atoms with Crippen LogP contribution in [0.2, 0.25) is 0 Å². The number of methoxy groups -OCH3 is 2. The molecule has 2 aromatic carbocycles. The average molecular weight is 377 g/mol. The molecule has 0 aliphatic rings. The summed E-state index contributed by atoms with van der Waals surface area (Å²) in [5.41, 5.74) is 3.74. The Balaban J connectivity index is 0.00000182. The summed E-state index contributed by atoms with van der Waals surface area (Å²) in [5, 5.41) is 4.13. The summed E-state index contributed by atoms with van der Waals surface area (Å²) in [4.78, 5) is 9.17. The lowest BCUT2D eigenvalue weighted by atomic mass is 10.2. The van der Waals surface area contributed by atoms with Gasteiger partial charge in [-0.05, 0) is 24.3 Å². The molecule has 0 radical (unpaired) electrons. The van der Waals surface area contributed by atoms with Gasteiger partial charge in [-0.25, -0.2) is 9.97 Å². The highest BCUT2D eigenvalue weighted by molar-refractivity contribution is 7.22. The number of imidazole rings is 1. The van der Waals surface area contributed by atoms with Crippen molar-refractivity contribution < 1.29 is 9.47 Å². The van der Waals surface area contributed by atoms with Crippen LogP contribution in [0.5, 0.6) is 11.5 Å². The minimum absolute atomic E-state index is 0. The molecule has 130 valence electrons. The summed E-state index contributed by atoms with van der Waals surface area (Å²) in [5.74, 6) is 1.45. The summed E-state index contributed by atoms with van der Waals surface area (Å²) in [6.07, 6.45) is 1.81. The summed E-state index contributed by atoms with van der Waals surface area (Å²) in [6.45, 7) is 0. The first-order valence-electron chi connectivity index (χ1n) is 7.39. The molecule has 0 unspecified atom stereocenters. The van der Waals surface area contributed by atoms with Crippen LogP contribution in [0.4, 0.5) is 10.8 Å². The molecule has 0 spiro atoms.